The van der Waals surface area contributed by atoms with Crippen molar-refractivity contribution in [1.29, 1.82) is 0 Å². The van der Waals surface area contributed by atoms with Crippen LogP contribution < -0.4 is 0 Å². The summed E-state index contributed by atoms with van der Waals surface area (Å²) >= 11 is 0. The molecule has 2 rings (SSSR count). The first-order valence-electron chi connectivity index (χ1n) is 6.26. The van der Waals surface area contributed by atoms with E-state index in [2.05, 4.69) is 0 Å². The lowest BCUT2D eigenvalue weighted by Crippen LogP contribution is -2.04. The quantitative estimate of drug-likeness (QED) is 0.798. The molecule has 0 aliphatic heterocycles. The number of carbonyl (C=O) groups is 3. The second-order valence-corrected chi connectivity index (χ2v) is 4.60. The number of hydrogen-bond donors (Lipinski definition) is 0. The number of ketones is 3. The highest BCUT2D eigenvalue weighted by Gasteiger charge is 2.11. The van der Waals surface area contributed by atoms with Gasteiger partial charge in [0, 0.05) is 22.3 Å². The molecule has 100 valence electrons. The van der Waals surface area contributed by atoms with Crippen LogP contribution in [0.4, 0.5) is 0 Å². The predicted octanol–water partition coefficient (Wildman–Crippen LogP) is 3.32. The molecule has 0 saturated heterocycles. The topological polar surface area (TPSA) is 51.2 Å². The van der Waals surface area contributed by atoms with E-state index in [4.69, 9.17) is 0 Å². The van der Waals surface area contributed by atoms with Crippen LogP contribution in [0.5, 0.6) is 0 Å². The fourth-order valence-electron chi connectivity index (χ4n) is 1.90. The molecule has 0 amide bonds. The van der Waals surface area contributed by atoms with Gasteiger partial charge in [-0.1, -0.05) is 42.5 Å². The van der Waals surface area contributed by atoms with E-state index in [1.807, 2.05) is 0 Å². The minimum absolute atomic E-state index is 0.0393. The van der Waals surface area contributed by atoms with Crippen LogP contribution >= 0.6 is 0 Å². The molecule has 0 radical (unpaired) electrons. The van der Waals surface area contributed by atoms with Crippen molar-refractivity contribution < 1.29 is 14.4 Å². The average Bonchev–Trinajstić information content (AvgIpc) is 2.46. The molecule has 0 spiro atoms. The number of rotatable bonds is 4. The molecule has 3 nitrogen and oxygen atoms in total. The summed E-state index contributed by atoms with van der Waals surface area (Å²) in [6, 6.07) is 13.1. The van der Waals surface area contributed by atoms with Crippen molar-refractivity contribution in [1.82, 2.24) is 0 Å². The third-order valence-electron chi connectivity index (χ3n) is 3.08. The van der Waals surface area contributed by atoms with E-state index in [9.17, 15) is 14.4 Å². The summed E-state index contributed by atoms with van der Waals surface area (Å²) in [7, 11) is 0. The minimum Gasteiger partial charge on any atom is -0.295 e. The van der Waals surface area contributed by atoms with E-state index in [0.29, 0.717) is 22.3 Å². The van der Waals surface area contributed by atoms with Crippen molar-refractivity contribution in [2.45, 2.75) is 13.8 Å². The molecule has 0 aliphatic rings. The Morgan fingerprint density at radius 1 is 0.650 bits per heavy atom. The second kappa shape index (κ2) is 5.61. The molecule has 3 heteroatoms. The predicted molar refractivity (Wildman–Crippen MR) is 76.3 cm³/mol. The lowest BCUT2D eigenvalue weighted by atomic mass is 9.99. The standard InChI is InChI=1S/C17H14O3/c1-11(18)13-6-8-14(9-7-13)17(20)16-5-3-4-15(10-16)12(2)19/h3-10H,1-2H3. The van der Waals surface area contributed by atoms with E-state index in [-0.39, 0.29) is 17.3 Å². The number of hydrogen-bond acceptors (Lipinski definition) is 3. The van der Waals surface area contributed by atoms with Gasteiger partial charge in [0.25, 0.3) is 0 Å². The van der Waals surface area contributed by atoms with E-state index in [1.165, 1.54) is 13.8 Å². The normalized spacial score (nSPS) is 10.1. The van der Waals surface area contributed by atoms with E-state index < -0.39 is 0 Å². The highest BCUT2D eigenvalue weighted by molar-refractivity contribution is 6.10. The summed E-state index contributed by atoms with van der Waals surface area (Å²) < 4.78 is 0. The number of benzene rings is 2. The Kier molecular flexibility index (Phi) is 3.89. The molecule has 2 aromatic carbocycles. The van der Waals surface area contributed by atoms with Gasteiger partial charge < -0.3 is 0 Å². The van der Waals surface area contributed by atoms with Gasteiger partial charge in [-0.3, -0.25) is 14.4 Å². The largest absolute Gasteiger partial charge is 0.295 e. The van der Waals surface area contributed by atoms with Gasteiger partial charge in [-0.2, -0.15) is 0 Å². The van der Waals surface area contributed by atoms with Crippen LogP contribution in [0.15, 0.2) is 48.5 Å². The van der Waals surface area contributed by atoms with Crippen molar-refractivity contribution >= 4 is 17.3 Å². The highest BCUT2D eigenvalue weighted by Crippen LogP contribution is 2.13. The Hall–Kier alpha value is -2.55. The van der Waals surface area contributed by atoms with Gasteiger partial charge in [0.05, 0.1) is 0 Å². The molecular formula is C17H14O3. The van der Waals surface area contributed by atoms with Crippen LogP contribution in [0.2, 0.25) is 0 Å². The van der Waals surface area contributed by atoms with Crippen LogP contribution in [0, 0.1) is 0 Å². The Balaban J connectivity index is 2.33. The van der Waals surface area contributed by atoms with Crippen LogP contribution in [0.1, 0.15) is 50.5 Å². The lowest BCUT2D eigenvalue weighted by molar-refractivity contribution is 0.100. The number of carbonyl (C=O) groups excluding carboxylic acids is 3. The van der Waals surface area contributed by atoms with Crippen molar-refractivity contribution in [2.24, 2.45) is 0 Å². The molecule has 20 heavy (non-hydrogen) atoms. The minimum atomic E-state index is -0.164. The molecule has 0 unspecified atom stereocenters. The molecule has 0 bridgehead atoms. The third kappa shape index (κ3) is 2.88. The van der Waals surface area contributed by atoms with Gasteiger partial charge in [0.1, 0.15) is 0 Å². The van der Waals surface area contributed by atoms with E-state index >= 15 is 0 Å². The van der Waals surface area contributed by atoms with Crippen molar-refractivity contribution in [3.8, 4) is 0 Å². The SMILES string of the molecule is CC(=O)c1ccc(C(=O)c2cccc(C(C)=O)c2)cc1. The molecule has 0 atom stereocenters. The van der Waals surface area contributed by atoms with Crippen LogP contribution in [-0.4, -0.2) is 17.3 Å². The van der Waals surface area contributed by atoms with Crippen LogP contribution in [0.25, 0.3) is 0 Å². The Bertz CT molecular complexity index is 682. The molecule has 0 aromatic heterocycles. The summed E-state index contributed by atoms with van der Waals surface area (Å²) in [4.78, 5) is 34.8. The second-order valence-electron chi connectivity index (χ2n) is 4.60. The maximum absolute atomic E-state index is 12.3. The Labute approximate surface area is 117 Å². The van der Waals surface area contributed by atoms with Gasteiger partial charge in [0.15, 0.2) is 17.3 Å². The van der Waals surface area contributed by atoms with Gasteiger partial charge in [0.2, 0.25) is 0 Å². The van der Waals surface area contributed by atoms with E-state index in [0.717, 1.165) is 0 Å². The molecule has 0 aliphatic carbocycles. The summed E-state index contributed by atoms with van der Waals surface area (Å²) in [6.07, 6.45) is 0. The lowest BCUT2D eigenvalue weighted by Gasteiger charge is -2.04. The Morgan fingerprint density at radius 3 is 1.70 bits per heavy atom. The number of Topliss-reactive ketones (excluding diaryl/α,β-unsaturated/α-hetero) is 2. The summed E-state index contributed by atoms with van der Waals surface area (Å²) in [5.41, 5.74) is 2.04. The molecule has 0 saturated carbocycles. The smallest absolute Gasteiger partial charge is 0.193 e. The van der Waals surface area contributed by atoms with Gasteiger partial charge in [-0.15, -0.1) is 0 Å². The summed E-state index contributed by atoms with van der Waals surface area (Å²) in [5.74, 6) is -0.280. The fraction of sp³-hybridized carbons (Fsp3) is 0.118. The Morgan fingerprint density at radius 2 is 1.15 bits per heavy atom. The first-order chi connectivity index (χ1) is 9.49. The summed E-state index contributed by atoms with van der Waals surface area (Å²) in [6.45, 7) is 2.94. The average molecular weight is 266 g/mol. The van der Waals surface area contributed by atoms with Crippen LogP contribution in [-0.2, 0) is 0 Å². The molecule has 2 aromatic rings. The highest BCUT2D eigenvalue weighted by atomic mass is 16.1. The van der Waals surface area contributed by atoms with E-state index in [1.54, 1.807) is 48.5 Å². The molecule has 0 N–H and O–H groups in total. The zero-order chi connectivity index (χ0) is 14.7. The zero-order valence-corrected chi connectivity index (χ0v) is 11.3. The maximum atomic E-state index is 12.3. The summed E-state index contributed by atoms with van der Waals surface area (Å²) in [5, 5.41) is 0. The van der Waals surface area contributed by atoms with Crippen molar-refractivity contribution in [2.75, 3.05) is 0 Å². The van der Waals surface area contributed by atoms with Gasteiger partial charge >= 0.3 is 0 Å². The fourth-order valence-corrected chi connectivity index (χ4v) is 1.90. The molecule has 0 fully saturated rings. The first-order valence-corrected chi connectivity index (χ1v) is 6.26. The molecule has 0 heterocycles. The zero-order valence-electron chi connectivity index (χ0n) is 11.3. The maximum Gasteiger partial charge on any atom is 0.193 e. The van der Waals surface area contributed by atoms with Crippen molar-refractivity contribution in [3.05, 3.63) is 70.8 Å². The first kappa shape index (κ1) is 13.9. The third-order valence-corrected chi connectivity index (χ3v) is 3.08. The van der Waals surface area contributed by atoms with Gasteiger partial charge in [-0.05, 0) is 19.9 Å². The van der Waals surface area contributed by atoms with Crippen LogP contribution in [0.3, 0.4) is 0 Å². The monoisotopic (exact) mass is 266 g/mol. The van der Waals surface area contributed by atoms with Crippen molar-refractivity contribution in [3.63, 3.8) is 0 Å². The molecular weight excluding hydrogens is 252 g/mol. The van der Waals surface area contributed by atoms with Gasteiger partial charge in [-0.25, -0.2) is 0 Å².